The first kappa shape index (κ1) is 31.2. The Morgan fingerprint density at radius 2 is 1.32 bits per heavy atom. The first-order chi connectivity index (χ1) is 23.0. The van der Waals surface area contributed by atoms with Crippen LogP contribution in [0.1, 0.15) is 17.3 Å². The van der Waals surface area contributed by atoms with Crippen LogP contribution in [0.15, 0.2) is 88.4 Å². The fraction of sp³-hybridized carbons (Fsp3) is 0.222. The van der Waals surface area contributed by atoms with Gasteiger partial charge in [-0.1, -0.05) is 29.4 Å². The fourth-order valence-electron chi connectivity index (χ4n) is 5.25. The smallest absolute Gasteiger partial charge is 0.203 e. The predicted molar refractivity (Wildman–Crippen MR) is 178 cm³/mol. The van der Waals surface area contributed by atoms with Crippen LogP contribution in [-0.2, 0) is 0 Å². The Hall–Kier alpha value is -5.84. The number of benzene rings is 4. The average Bonchev–Trinajstić information content (AvgIpc) is 3.63. The van der Waals surface area contributed by atoms with Gasteiger partial charge in [0.2, 0.25) is 5.75 Å². The molecule has 0 saturated carbocycles. The van der Waals surface area contributed by atoms with Crippen molar-refractivity contribution >= 4 is 11.9 Å². The molecule has 0 radical (unpaired) electrons. The predicted octanol–water partition coefficient (Wildman–Crippen LogP) is 7.05. The molecule has 1 N–H and O–H groups in total. The van der Waals surface area contributed by atoms with Gasteiger partial charge in [0.1, 0.15) is 25.1 Å². The number of ether oxygens (including phenoxy) is 7. The Morgan fingerprint density at radius 1 is 0.638 bits per heavy atom. The standard InChI is InChI=1S/C36H35N3O8/c1-40-28-12-10-22(27-20-30(47-39-27)25-18-33(42-3)35(44-5)34(19-25)43-4)16-32(28)46-15-14-45-29-13-11-23(17-31(29)41-2)36-37-21-24-8-6-7-9-26(24)38-36/h6-13,16-21,36,38H,14-15H2,1-5H3. The normalized spacial score (nSPS) is 13.3. The van der Waals surface area contributed by atoms with E-state index in [0.717, 1.165) is 27.9 Å². The van der Waals surface area contributed by atoms with Crippen LogP contribution < -0.4 is 38.5 Å². The summed E-state index contributed by atoms with van der Waals surface area (Å²) in [5.74, 6) is 4.36. The monoisotopic (exact) mass is 637 g/mol. The molecule has 1 aromatic heterocycles. The molecule has 0 spiro atoms. The minimum atomic E-state index is -0.224. The van der Waals surface area contributed by atoms with Crippen molar-refractivity contribution in [1.82, 2.24) is 5.16 Å². The Balaban J connectivity index is 1.12. The molecule has 0 fully saturated rings. The largest absolute Gasteiger partial charge is 0.493 e. The highest BCUT2D eigenvalue weighted by molar-refractivity contribution is 5.89. The number of fused-ring (bicyclic) bond motifs is 1. The number of aromatic nitrogens is 1. The van der Waals surface area contributed by atoms with Crippen molar-refractivity contribution in [2.45, 2.75) is 6.17 Å². The van der Waals surface area contributed by atoms with Crippen molar-refractivity contribution in [2.75, 3.05) is 54.1 Å². The third kappa shape index (κ3) is 6.60. The number of nitrogens with one attached hydrogen (secondary N) is 1. The van der Waals surface area contributed by atoms with Crippen molar-refractivity contribution in [3.63, 3.8) is 0 Å². The lowest BCUT2D eigenvalue weighted by Gasteiger charge is -2.22. The molecular formula is C36H35N3O8. The molecule has 4 aromatic carbocycles. The second kappa shape index (κ2) is 14.1. The van der Waals surface area contributed by atoms with E-state index in [0.29, 0.717) is 51.7 Å². The summed E-state index contributed by atoms with van der Waals surface area (Å²) >= 11 is 0. The third-order valence-corrected chi connectivity index (χ3v) is 7.64. The lowest BCUT2D eigenvalue weighted by atomic mass is 10.1. The molecule has 2 heterocycles. The first-order valence-corrected chi connectivity index (χ1v) is 14.8. The molecule has 6 rings (SSSR count). The number of para-hydroxylation sites is 1. The van der Waals surface area contributed by atoms with Crippen molar-refractivity contribution in [1.29, 1.82) is 0 Å². The molecule has 11 heteroatoms. The average molecular weight is 638 g/mol. The van der Waals surface area contributed by atoms with Gasteiger partial charge >= 0.3 is 0 Å². The van der Waals surface area contributed by atoms with Crippen LogP contribution in [0.2, 0.25) is 0 Å². The van der Waals surface area contributed by atoms with Crippen LogP contribution in [-0.4, -0.2) is 60.1 Å². The van der Waals surface area contributed by atoms with Crippen molar-refractivity contribution in [3.05, 3.63) is 90.0 Å². The first-order valence-electron chi connectivity index (χ1n) is 14.8. The van der Waals surface area contributed by atoms with Gasteiger partial charge in [0, 0.05) is 40.2 Å². The summed E-state index contributed by atoms with van der Waals surface area (Å²) in [5.41, 5.74) is 5.16. The van der Waals surface area contributed by atoms with E-state index in [4.69, 9.17) is 37.7 Å². The summed E-state index contributed by atoms with van der Waals surface area (Å²) in [6.45, 7) is 0.525. The number of hydrogen-bond acceptors (Lipinski definition) is 11. The highest BCUT2D eigenvalue weighted by atomic mass is 16.6. The van der Waals surface area contributed by atoms with Crippen LogP contribution in [0.5, 0.6) is 40.2 Å². The molecule has 0 aliphatic carbocycles. The highest BCUT2D eigenvalue weighted by Crippen LogP contribution is 2.42. The van der Waals surface area contributed by atoms with Gasteiger partial charge in [-0.15, -0.1) is 0 Å². The van der Waals surface area contributed by atoms with Crippen LogP contribution in [0.4, 0.5) is 5.69 Å². The van der Waals surface area contributed by atoms with Crippen LogP contribution in [0.25, 0.3) is 22.6 Å². The van der Waals surface area contributed by atoms with Gasteiger partial charge in [-0.25, -0.2) is 0 Å². The lowest BCUT2D eigenvalue weighted by molar-refractivity contribution is 0.206. The number of anilines is 1. The van der Waals surface area contributed by atoms with Gasteiger partial charge in [0.15, 0.2) is 40.3 Å². The summed E-state index contributed by atoms with van der Waals surface area (Å²) in [7, 11) is 7.89. The molecule has 242 valence electrons. The lowest BCUT2D eigenvalue weighted by Crippen LogP contribution is -2.14. The summed E-state index contributed by atoms with van der Waals surface area (Å²) in [6.07, 6.45) is 1.66. The Kier molecular flexibility index (Phi) is 9.33. The molecule has 1 aliphatic rings. The van der Waals surface area contributed by atoms with E-state index in [9.17, 15) is 0 Å². The summed E-state index contributed by atoms with van der Waals surface area (Å²) in [4.78, 5) is 4.65. The van der Waals surface area contributed by atoms with Gasteiger partial charge < -0.3 is 43.0 Å². The number of rotatable bonds is 13. The van der Waals surface area contributed by atoms with Gasteiger partial charge in [-0.3, -0.25) is 4.99 Å². The van der Waals surface area contributed by atoms with E-state index in [1.54, 1.807) is 47.7 Å². The van der Waals surface area contributed by atoms with Gasteiger partial charge in [0.25, 0.3) is 0 Å². The van der Waals surface area contributed by atoms with Crippen molar-refractivity contribution in [2.24, 2.45) is 4.99 Å². The fourth-order valence-corrected chi connectivity index (χ4v) is 5.25. The quantitative estimate of drug-likeness (QED) is 0.135. The number of methoxy groups -OCH3 is 5. The SMILES string of the molecule is COc1cc(C2N=Cc3ccccc3N2)ccc1OCCOc1cc(-c2cc(-c3cc(OC)c(OC)c(OC)c3)on2)ccc1OC. The zero-order chi connectivity index (χ0) is 32.8. The third-order valence-electron chi connectivity index (χ3n) is 7.64. The second-order valence-corrected chi connectivity index (χ2v) is 10.4. The van der Waals surface area contributed by atoms with E-state index in [1.807, 2.05) is 72.9 Å². The topological polar surface area (TPSA) is 115 Å². The summed E-state index contributed by atoms with van der Waals surface area (Å²) in [5, 5.41) is 7.74. The molecule has 0 amide bonds. The minimum Gasteiger partial charge on any atom is -0.493 e. The van der Waals surface area contributed by atoms with Crippen molar-refractivity contribution in [3.8, 4) is 62.8 Å². The van der Waals surface area contributed by atoms with Gasteiger partial charge in [-0.2, -0.15) is 0 Å². The molecule has 0 saturated heterocycles. The van der Waals surface area contributed by atoms with Crippen molar-refractivity contribution < 1.29 is 37.7 Å². The van der Waals surface area contributed by atoms with E-state index in [1.165, 1.54) is 0 Å². The second-order valence-electron chi connectivity index (χ2n) is 10.4. The molecular weight excluding hydrogens is 602 g/mol. The molecule has 1 unspecified atom stereocenters. The Morgan fingerprint density at radius 3 is 2.04 bits per heavy atom. The van der Waals surface area contributed by atoms with Gasteiger partial charge in [-0.05, 0) is 48.5 Å². The molecule has 11 nitrogen and oxygen atoms in total. The van der Waals surface area contributed by atoms with Gasteiger partial charge in [0.05, 0.1) is 35.5 Å². The van der Waals surface area contributed by atoms with E-state index in [2.05, 4.69) is 15.5 Å². The van der Waals surface area contributed by atoms with E-state index < -0.39 is 0 Å². The maximum atomic E-state index is 6.09. The Labute approximate surface area is 272 Å². The minimum absolute atomic E-state index is 0.224. The molecule has 47 heavy (non-hydrogen) atoms. The van der Waals surface area contributed by atoms with Crippen LogP contribution >= 0.6 is 0 Å². The maximum Gasteiger partial charge on any atom is 0.203 e. The maximum absolute atomic E-state index is 6.09. The van der Waals surface area contributed by atoms with E-state index in [-0.39, 0.29) is 19.4 Å². The molecule has 1 atom stereocenters. The van der Waals surface area contributed by atoms with Crippen LogP contribution in [0, 0.1) is 0 Å². The number of hydrogen-bond donors (Lipinski definition) is 1. The Bertz CT molecular complexity index is 1860. The van der Waals surface area contributed by atoms with Crippen LogP contribution in [0.3, 0.4) is 0 Å². The number of nitrogens with zero attached hydrogens (tertiary/aromatic N) is 2. The summed E-state index contributed by atoms with van der Waals surface area (Å²) < 4.78 is 45.4. The molecule has 0 bridgehead atoms. The van der Waals surface area contributed by atoms with E-state index >= 15 is 0 Å². The summed E-state index contributed by atoms with van der Waals surface area (Å²) in [6, 6.07) is 24.8. The number of aliphatic imine (C=N–C) groups is 1. The highest BCUT2D eigenvalue weighted by Gasteiger charge is 2.19. The zero-order valence-electron chi connectivity index (χ0n) is 26.7. The molecule has 1 aliphatic heterocycles. The zero-order valence-corrected chi connectivity index (χ0v) is 26.7. The molecule has 5 aromatic rings.